The van der Waals surface area contributed by atoms with Crippen molar-refractivity contribution in [1.29, 1.82) is 0 Å². The molecule has 2 aromatic carbocycles. The van der Waals surface area contributed by atoms with Crippen molar-refractivity contribution in [2.45, 2.75) is 32.1 Å². The molecule has 0 unspecified atom stereocenters. The van der Waals surface area contributed by atoms with Crippen molar-refractivity contribution >= 4 is 27.5 Å². The van der Waals surface area contributed by atoms with Gasteiger partial charge in [-0.3, -0.25) is 0 Å². The fraction of sp³-hybridized carbons (Fsp3) is 0.368. The van der Waals surface area contributed by atoms with E-state index >= 15 is 0 Å². The minimum Gasteiger partial charge on any atom is -0.385 e. The van der Waals surface area contributed by atoms with Gasteiger partial charge in [0.2, 0.25) is 0 Å². The van der Waals surface area contributed by atoms with Gasteiger partial charge >= 0.3 is 0 Å². The van der Waals surface area contributed by atoms with E-state index in [0.29, 0.717) is 30.8 Å². The molecule has 0 saturated heterocycles. The van der Waals surface area contributed by atoms with Gasteiger partial charge in [-0.15, -0.1) is 0 Å². The number of halogens is 2. The normalized spacial score (nSPS) is 13.7. The molecule has 24 heavy (non-hydrogen) atoms. The highest BCUT2D eigenvalue weighted by Gasteiger charge is 2.15. The SMILES string of the molecule is CC[C@H]([NH2+]C[C@H](O)COCc1ccccc1Cl)c1ccc(Br)cc1. The maximum Gasteiger partial charge on any atom is 0.126 e. The molecule has 0 aromatic heterocycles. The molecular formula is C19H24BrClNO2+. The third-order valence-corrected chi connectivity index (χ3v) is 4.85. The summed E-state index contributed by atoms with van der Waals surface area (Å²) < 4.78 is 6.67. The van der Waals surface area contributed by atoms with E-state index in [2.05, 4.69) is 52.4 Å². The number of benzene rings is 2. The van der Waals surface area contributed by atoms with Gasteiger partial charge in [-0.25, -0.2) is 0 Å². The summed E-state index contributed by atoms with van der Waals surface area (Å²) in [5.74, 6) is 0. The summed E-state index contributed by atoms with van der Waals surface area (Å²) in [6, 6.07) is 16.3. The van der Waals surface area contributed by atoms with Crippen LogP contribution in [0.1, 0.15) is 30.5 Å². The average Bonchev–Trinajstić information content (AvgIpc) is 2.58. The molecule has 0 aliphatic heterocycles. The van der Waals surface area contributed by atoms with Crippen LogP contribution in [0.4, 0.5) is 0 Å². The predicted molar refractivity (Wildman–Crippen MR) is 101 cm³/mol. The summed E-state index contributed by atoms with van der Waals surface area (Å²) in [6.07, 6.45) is 0.506. The van der Waals surface area contributed by atoms with Gasteiger partial charge < -0.3 is 15.2 Å². The van der Waals surface area contributed by atoms with Gasteiger partial charge in [-0.1, -0.05) is 64.8 Å². The van der Waals surface area contributed by atoms with Crippen LogP contribution in [-0.2, 0) is 11.3 Å². The average molecular weight is 414 g/mol. The maximum atomic E-state index is 10.1. The summed E-state index contributed by atoms with van der Waals surface area (Å²) in [5, 5.41) is 13.0. The fourth-order valence-corrected chi connectivity index (χ4v) is 3.01. The summed E-state index contributed by atoms with van der Waals surface area (Å²) in [6.45, 7) is 3.49. The Morgan fingerprint density at radius 1 is 1.17 bits per heavy atom. The highest BCUT2D eigenvalue weighted by Crippen LogP contribution is 2.17. The van der Waals surface area contributed by atoms with Crippen LogP contribution < -0.4 is 5.32 Å². The number of quaternary nitrogens is 1. The van der Waals surface area contributed by atoms with E-state index in [4.69, 9.17) is 16.3 Å². The van der Waals surface area contributed by atoms with Gasteiger partial charge in [0.05, 0.1) is 13.2 Å². The Balaban J connectivity index is 1.74. The molecule has 0 heterocycles. The minimum atomic E-state index is -0.503. The van der Waals surface area contributed by atoms with Crippen LogP contribution in [-0.4, -0.2) is 24.4 Å². The maximum absolute atomic E-state index is 10.1. The molecule has 0 bridgehead atoms. The molecule has 3 nitrogen and oxygen atoms in total. The van der Waals surface area contributed by atoms with E-state index in [1.54, 1.807) is 0 Å². The van der Waals surface area contributed by atoms with E-state index in [1.807, 2.05) is 24.3 Å². The summed E-state index contributed by atoms with van der Waals surface area (Å²) in [7, 11) is 0. The van der Waals surface area contributed by atoms with E-state index in [0.717, 1.165) is 16.5 Å². The lowest BCUT2D eigenvalue weighted by Gasteiger charge is -2.17. The van der Waals surface area contributed by atoms with Crippen molar-refractivity contribution in [2.24, 2.45) is 0 Å². The number of hydrogen-bond acceptors (Lipinski definition) is 2. The third kappa shape index (κ3) is 6.19. The molecular weight excluding hydrogens is 390 g/mol. The van der Waals surface area contributed by atoms with Gasteiger partial charge in [0, 0.05) is 21.5 Å². The molecule has 0 aliphatic rings. The number of aliphatic hydroxyl groups excluding tert-OH is 1. The Kier molecular flexibility index (Phi) is 8.22. The summed E-state index contributed by atoms with van der Waals surface area (Å²) in [5.41, 5.74) is 2.21. The van der Waals surface area contributed by atoms with Crippen molar-refractivity contribution in [3.8, 4) is 0 Å². The monoisotopic (exact) mass is 412 g/mol. The molecule has 0 saturated carbocycles. The first-order chi connectivity index (χ1) is 11.6. The third-order valence-electron chi connectivity index (χ3n) is 3.96. The van der Waals surface area contributed by atoms with Crippen molar-refractivity contribution in [1.82, 2.24) is 0 Å². The van der Waals surface area contributed by atoms with Crippen LogP contribution in [0, 0.1) is 0 Å². The number of hydrogen-bond donors (Lipinski definition) is 2. The molecule has 0 amide bonds. The molecule has 5 heteroatoms. The van der Waals surface area contributed by atoms with Gasteiger partial charge in [-0.05, 0) is 23.8 Å². The standard InChI is InChI=1S/C19H23BrClNO2/c1-2-19(14-7-9-16(20)10-8-14)22-11-17(23)13-24-12-15-5-3-4-6-18(15)21/h3-10,17,19,22-23H,2,11-13H2,1H3/p+1/t17-,19-/m0/s1. The topological polar surface area (TPSA) is 46.1 Å². The second-order valence-electron chi connectivity index (χ2n) is 5.80. The lowest BCUT2D eigenvalue weighted by Crippen LogP contribution is -2.87. The second-order valence-corrected chi connectivity index (χ2v) is 7.12. The Morgan fingerprint density at radius 2 is 1.88 bits per heavy atom. The number of aliphatic hydroxyl groups is 1. The van der Waals surface area contributed by atoms with E-state index in [9.17, 15) is 5.11 Å². The van der Waals surface area contributed by atoms with E-state index < -0.39 is 6.10 Å². The lowest BCUT2D eigenvalue weighted by molar-refractivity contribution is -0.702. The van der Waals surface area contributed by atoms with Gasteiger partial charge in [0.25, 0.3) is 0 Å². The van der Waals surface area contributed by atoms with Gasteiger partial charge in [-0.2, -0.15) is 0 Å². The van der Waals surface area contributed by atoms with Crippen LogP contribution in [0.25, 0.3) is 0 Å². The number of nitrogens with two attached hydrogens (primary N) is 1. The quantitative estimate of drug-likeness (QED) is 0.658. The minimum absolute atomic E-state index is 0.304. The summed E-state index contributed by atoms with van der Waals surface area (Å²) >= 11 is 9.54. The highest BCUT2D eigenvalue weighted by atomic mass is 79.9. The molecule has 2 atom stereocenters. The van der Waals surface area contributed by atoms with Gasteiger partial charge in [0.1, 0.15) is 18.7 Å². The zero-order chi connectivity index (χ0) is 17.4. The zero-order valence-corrected chi connectivity index (χ0v) is 16.1. The van der Waals surface area contributed by atoms with E-state index in [1.165, 1.54) is 5.56 Å². The van der Waals surface area contributed by atoms with Crippen molar-refractivity contribution in [2.75, 3.05) is 13.2 Å². The van der Waals surface area contributed by atoms with Crippen LogP contribution in [0.5, 0.6) is 0 Å². The number of rotatable bonds is 9. The predicted octanol–water partition coefficient (Wildman–Crippen LogP) is 3.69. The first kappa shape index (κ1) is 19.4. The first-order valence-electron chi connectivity index (χ1n) is 8.18. The number of ether oxygens (including phenoxy) is 1. The van der Waals surface area contributed by atoms with Gasteiger partial charge in [0.15, 0.2) is 0 Å². The van der Waals surface area contributed by atoms with Crippen molar-refractivity contribution in [3.63, 3.8) is 0 Å². The second kappa shape index (κ2) is 10.2. The molecule has 0 fully saturated rings. The molecule has 130 valence electrons. The van der Waals surface area contributed by atoms with Crippen molar-refractivity contribution < 1.29 is 15.2 Å². The Morgan fingerprint density at radius 3 is 2.54 bits per heavy atom. The Labute approximate surface area is 157 Å². The lowest BCUT2D eigenvalue weighted by atomic mass is 10.0. The highest BCUT2D eigenvalue weighted by molar-refractivity contribution is 9.10. The zero-order valence-electron chi connectivity index (χ0n) is 13.8. The molecule has 0 spiro atoms. The van der Waals surface area contributed by atoms with Crippen LogP contribution in [0.2, 0.25) is 5.02 Å². The molecule has 3 N–H and O–H groups in total. The van der Waals surface area contributed by atoms with E-state index in [-0.39, 0.29) is 0 Å². The molecule has 2 aromatic rings. The first-order valence-corrected chi connectivity index (χ1v) is 9.35. The van der Waals surface area contributed by atoms with Crippen molar-refractivity contribution in [3.05, 3.63) is 69.2 Å². The summed E-state index contributed by atoms with van der Waals surface area (Å²) in [4.78, 5) is 0. The van der Waals surface area contributed by atoms with Crippen LogP contribution in [0.15, 0.2) is 53.0 Å². The van der Waals surface area contributed by atoms with Crippen LogP contribution >= 0.6 is 27.5 Å². The largest absolute Gasteiger partial charge is 0.385 e. The fourth-order valence-electron chi connectivity index (χ4n) is 2.56. The smallest absolute Gasteiger partial charge is 0.126 e. The Bertz CT molecular complexity index is 621. The molecule has 0 radical (unpaired) electrons. The Hall–Kier alpha value is -0.910. The van der Waals surface area contributed by atoms with Crippen LogP contribution in [0.3, 0.4) is 0 Å². The molecule has 2 rings (SSSR count). The molecule has 0 aliphatic carbocycles.